The second-order valence-electron chi connectivity index (χ2n) is 5.56. The summed E-state index contributed by atoms with van der Waals surface area (Å²) in [7, 11) is 0. The van der Waals surface area contributed by atoms with Gasteiger partial charge in [0.25, 0.3) is 0 Å². The number of nitrogens with zero attached hydrogens (tertiary/aromatic N) is 1. The third-order valence-corrected chi connectivity index (χ3v) is 5.72. The highest BCUT2D eigenvalue weighted by Gasteiger charge is 2.28. The first-order chi connectivity index (χ1) is 11.1. The van der Waals surface area contributed by atoms with Crippen molar-refractivity contribution in [2.75, 3.05) is 19.6 Å². The molecule has 1 atom stereocenters. The zero-order valence-corrected chi connectivity index (χ0v) is 16.1. The largest absolute Gasteiger partial charge is 0.333 e. The summed E-state index contributed by atoms with van der Waals surface area (Å²) >= 11 is 13.9. The van der Waals surface area contributed by atoms with E-state index < -0.39 is 0 Å². The lowest BCUT2D eigenvalue weighted by Crippen LogP contribution is -2.48. The van der Waals surface area contributed by atoms with Crippen LogP contribution in [0.25, 0.3) is 0 Å². The summed E-state index contributed by atoms with van der Waals surface area (Å²) in [4.78, 5) is 15.8. The number of piperazine rings is 1. The second-order valence-corrected chi connectivity index (χ2v) is 7.40. The van der Waals surface area contributed by atoms with Crippen molar-refractivity contribution in [1.82, 2.24) is 10.2 Å². The standard InChI is InChI=1S/C17H18Cl2N2OS.ClH/c18-12-9-13(23-11-12)5-6-17(22)21-8-7-20-10-16(21)14-3-1-2-4-15(14)19;/h1-4,9,11,16,20H,5-8,10H2;1H. The summed E-state index contributed by atoms with van der Waals surface area (Å²) in [5.41, 5.74) is 1.01. The van der Waals surface area contributed by atoms with Crippen molar-refractivity contribution >= 4 is 52.9 Å². The fraction of sp³-hybridized carbons (Fsp3) is 0.353. The van der Waals surface area contributed by atoms with Crippen LogP contribution < -0.4 is 5.32 Å². The molecule has 0 bridgehead atoms. The molecule has 1 fully saturated rings. The molecule has 3 rings (SSSR count). The number of hydrogen-bond donors (Lipinski definition) is 1. The topological polar surface area (TPSA) is 32.3 Å². The van der Waals surface area contributed by atoms with Crippen molar-refractivity contribution in [1.29, 1.82) is 0 Å². The van der Waals surface area contributed by atoms with E-state index in [0.29, 0.717) is 18.0 Å². The van der Waals surface area contributed by atoms with Gasteiger partial charge in [-0.05, 0) is 24.1 Å². The van der Waals surface area contributed by atoms with E-state index in [-0.39, 0.29) is 24.4 Å². The molecule has 2 aromatic rings. The van der Waals surface area contributed by atoms with Gasteiger partial charge in [-0.3, -0.25) is 4.79 Å². The molecule has 1 aromatic heterocycles. The molecule has 1 saturated heterocycles. The molecule has 0 saturated carbocycles. The smallest absolute Gasteiger partial charge is 0.223 e. The lowest BCUT2D eigenvalue weighted by Gasteiger charge is -2.37. The molecule has 3 nitrogen and oxygen atoms in total. The zero-order valence-electron chi connectivity index (χ0n) is 13.0. The maximum Gasteiger partial charge on any atom is 0.223 e. The van der Waals surface area contributed by atoms with Crippen LogP contribution in [-0.4, -0.2) is 30.4 Å². The van der Waals surface area contributed by atoms with Gasteiger partial charge in [-0.25, -0.2) is 0 Å². The molecule has 1 amide bonds. The van der Waals surface area contributed by atoms with Crippen molar-refractivity contribution in [3.8, 4) is 0 Å². The Morgan fingerprint density at radius 2 is 2.12 bits per heavy atom. The van der Waals surface area contributed by atoms with Gasteiger partial charge in [-0.15, -0.1) is 23.7 Å². The zero-order chi connectivity index (χ0) is 16.2. The van der Waals surface area contributed by atoms with E-state index in [0.717, 1.165) is 35.0 Å². The van der Waals surface area contributed by atoms with Gasteiger partial charge >= 0.3 is 0 Å². The molecule has 1 unspecified atom stereocenters. The maximum atomic E-state index is 12.7. The summed E-state index contributed by atoms with van der Waals surface area (Å²) in [5.74, 6) is 0.168. The average molecular weight is 406 g/mol. The fourth-order valence-corrected chi connectivity index (χ4v) is 4.22. The van der Waals surface area contributed by atoms with E-state index in [1.54, 1.807) is 11.3 Å². The van der Waals surface area contributed by atoms with E-state index in [1.165, 1.54) is 0 Å². The quantitative estimate of drug-likeness (QED) is 0.807. The predicted octanol–water partition coefficient (Wildman–Crippen LogP) is 4.58. The molecule has 0 radical (unpaired) electrons. The number of carbonyl (C=O) groups excluding carboxylic acids is 1. The minimum absolute atomic E-state index is 0. The molecular weight excluding hydrogens is 387 g/mol. The maximum absolute atomic E-state index is 12.7. The molecule has 1 aliphatic heterocycles. The Balaban J connectivity index is 0.00000208. The minimum atomic E-state index is -0.00289. The van der Waals surface area contributed by atoms with E-state index in [2.05, 4.69) is 5.32 Å². The summed E-state index contributed by atoms with van der Waals surface area (Å²) in [5, 5.41) is 6.71. The summed E-state index contributed by atoms with van der Waals surface area (Å²) in [6.45, 7) is 2.26. The van der Waals surface area contributed by atoms with Crippen LogP contribution in [-0.2, 0) is 11.2 Å². The van der Waals surface area contributed by atoms with Crippen LogP contribution in [0.5, 0.6) is 0 Å². The number of hydrogen-bond acceptors (Lipinski definition) is 3. The van der Waals surface area contributed by atoms with Gasteiger partial charge in [0.1, 0.15) is 0 Å². The Morgan fingerprint density at radius 1 is 1.33 bits per heavy atom. The van der Waals surface area contributed by atoms with Gasteiger partial charge < -0.3 is 10.2 Å². The number of aryl methyl sites for hydroxylation is 1. The number of carbonyl (C=O) groups is 1. The first-order valence-corrected chi connectivity index (χ1v) is 9.26. The number of rotatable bonds is 4. The van der Waals surface area contributed by atoms with Gasteiger partial charge in [0.2, 0.25) is 5.91 Å². The molecule has 24 heavy (non-hydrogen) atoms. The Hall–Kier alpha value is -0.780. The Bertz CT molecular complexity index is 692. The van der Waals surface area contributed by atoms with Crippen molar-refractivity contribution < 1.29 is 4.79 Å². The summed E-state index contributed by atoms with van der Waals surface area (Å²) in [6, 6.07) is 9.68. The van der Waals surface area contributed by atoms with Crippen molar-refractivity contribution in [2.45, 2.75) is 18.9 Å². The molecular formula is C17H19Cl3N2OS. The molecule has 7 heteroatoms. The van der Waals surface area contributed by atoms with Gasteiger partial charge in [0, 0.05) is 41.3 Å². The van der Waals surface area contributed by atoms with Gasteiger partial charge in [0.15, 0.2) is 0 Å². The van der Waals surface area contributed by atoms with Crippen LogP contribution in [0.3, 0.4) is 0 Å². The highest BCUT2D eigenvalue weighted by atomic mass is 35.5. The SMILES string of the molecule is Cl.O=C(CCc1cc(Cl)cs1)N1CCNCC1c1ccccc1Cl. The first-order valence-electron chi connectivity index (χ1n) is 7.62. The van der Waals surface area contributed by atoms with Crippen LogP contribution in [0.4, 0.5) is 0 Å². The third kappa shape index (κ3) is 4.64. The fourth-order valence-electron chi connectivity index (χ4n) is 2.88. The second kappa shape index (κ2) is 9.07. The molecule has 0 aliphatic carbocycles. The molecule has 1 aromatic carbocycles. The molecule has 1 aliphatic rings. The van der Waals surface area contributed by atoms with Crippen LogP contribution in [0.15, 0.2) is 35.7 Å². The predicted molar refractivity (Wildman–Crippen MR) is 104 cm³/mol. The third-order valence-electron chi connectivity index (χ3n) is 4.03. The number of thiophene rings is 1. The van der Waals surface area contributed by atoms with Crippen molar-refractivity contribution in [3.63, 3.8) is 0 Å². The van der Waals surface area contributed by atoms with Crippen LogP contribution in [0, 0.1) is 0 Å². The summed E-state index contributed by atoms with van der Waals surface area (Å²) in [6.07, 6.45) is 1.23. The van der Waals surface area contributed by atoms with Crippen LogP contribution >= 0.6 is 46.9 Å². The van der Waals surface area contributed by atoms with Crippen molar-refractivity contribution in [3.05, 3.63) is 56.2 Å². The Labute approximate surface area is 162 Å². The normalized spacial score (nSPS) is 17.4. The van der Waals surface area contributed by atoms with Crippen LogP contribution in [0.1, 0.15) is 22.9 Å². The van der Waals surface area contributed by atoms with E-state index in [4.69, 9.17) is 23.2 Å². The first kappa shape index (κ1) is 19.5. The van der Waals surface area contributed by atoms with E-state index >= 15 is 0 Å². The van der Waals surface area contributed by atoms with E-state index in [1.807, 2.05) is 40.6 Å². The lowest BCUT2D eigenvalue weighted by atomic mass is 10.0. The number of halogens is 3. The Kier molecular flexibility index (Phi) is 7.38. The molecule has 130 valence electrons. The molecule has 0 spiro atoms. The lowest BCUT2D eigenvalue weighted by molar-refractivity contribution is -0.134. The number of benzene rings is 1. The monoisotopic (exact) mass is 404 g/mol. The Morgan fingerprint density at radius 3 is 2.83 bits per heavy atom. The molecule has 2 heterocycles. The number of amides is 1. The summed E-state index contributed by atoms with van der Waals surface area (Å²) < 4.78 is 0. The molecule has 1 N–H and O–H groups in total. The van der Waals surface area contributed by atoms with E-state index in [9.17, 15) is 4.79 Å². The minimum Gasteiger partial charge on any atom is -0.333 e. The van der Waals surface area contributed by atoms with Crippen LogP contribution in [0.2, 0.25) is 10.0 Å². The number of nitrogens with one attached hydrogen (secondary N) is 1. The van der Waals surface area contributed by atoms with Crippen molar-refractivity contribution in [2.24, 2.45) is 0 Å². The highest BCUT2D eigenvalue weighted by Crippen LogP contribution is 2.29. The van der Waals surface area contributed by atoms with Gasteiger partial charge in [-0.1, -0.05) is 41.4 Å². The van der Waals surface area contributed by atoms with Gasteiger partial charge in [0.05, 0.1) is 11.1 Å². The highest BCUT2D eigenvalue weighted by molar-refractivity contribution is 7.10. The van der Waals surface area contributed by atoms with Gasteiger partial charge in [-0.2, -0.15) is 0 Å². The average Bonchev–Trinajstić information content (AvgIpc) is 2.99.